The Hall–Kier alpha value is -0.940. The fourth-order valence-corrected chi connectivity index (χ4v) is 2.80. The van der Waals surface area contributed by atoms with Crippen LogP contribution in [-0.4, -0.2) is 35.4 Å². The SMILES string of the molecule is Cc1ncc(CN(C)C(=O)[C@@H]2CCCN2)s1. The molecule has 0 aliphatic carbocycles. The van der Waals surface area contributed by atoms with Gasteiger partial charge < -0.3 is 10.2 Å². The van der Waals surface area contributed by atoms with Crippen LogP contribution in [0.4, 0.5) is 0 Å². The maximum atomic E-state index is 12.0. The number of hydrogen-bond acceptors (Lipinski definition) is 4. The molecular formula is C11H17N3OS. The van der Waals surface area contributed by atoms with Gasteiger partial charge in [0.05, 0.1) is 17.6 Å². The molecule has 1 N–H and O–H groups in total. The minimum absolute atomic E-state index is 0.0269. The number of nitrogens with one attached hydrogen (secondary N) is 1. The summed E-state index contributed by atoms with van der Waals surface area (Å²) in [5.41, 5.74) is 0. The molecule has 2 rings (SSSR count). The summed E-state index contributed by atoms with van der Waals surface area (Å²) < 4.78 is 0. The van der Waals surface area contributed by atoms with Crippen molar-refractivity contribution >= 4 is 17.2 Å². The fraction of sp³-hybridized carbons (Fsp3) is 0.636. The number of carbonyl (C=O) groups excluding carboxylic acids is 1. The van der Waals surface area contributed by atoms with E-state index in [1.165, 1.54) is 0 Å². The number of aryl methyl sites for hydroxylation is 1. The van der Waals surface area contributed by atoms with E-state index in [9.17, 15) is 4.79 Å². The van der Waals surface area contributed by atoms with E-state index in [-0.39, 0.29) is 11.9 Å². The largest absolute Gasteiger partial charge is 0.339 e. The number of likely N-dealkylation sites (N-methyl/N-ethyl adjacent to an activating group) is 1. The van der Waals surface area contributed by atoms with E-state index in [2.05, 4.69) is 10.3 Å². The van der Waals surface area contributed by atoms with Gasteiger partial charge in [0.25, 0.3) is 0 Å². The van der Waals surface area contributed by atoms with Gasteiger partial charge in [-0.05, 0) is 26.3 Å². The summed E-state index contributed by atoms with van der Waals surface area (Å²) in [5.74, 6) is 0.198. The van der Waals surface area contributed by atoms with Gasteiger partial charge in [0.15, 0.2) is 0 Å². The van der Waals surface area contributed by atoms with Crippen LogP contribution >= 0.6 is 11.3 Å². The lowest BCUT2D eigenvalue weighted by molar-refractivity contribution is -0.132. The molecule has 1 amide bonds. The van der Waals surface area contributed by atoms with E-state index in [0.717, 1.165) is 29.3 Å². The van der Waals surface area contributed by atoms with Gasteiger partial charge in [0.1, 0.15) is 0 Å². The molecular weight excluding hydrogens is 222 g/mol. The zero-order valence-electron chi connectivity index (χ0n) is 9.69. The number of carbonyl (C=O) groups is 1. The third kappa shape index (κ3) is 2.59. The smallest absolute Gasteiger partial charge is 0.239 e. The molecule has 88 valence electrons. The Morgan fingerprint density at radius 3 is 3.12 bits per heavy atom. The van der Waals surface area contributed by atoms with Crippen molar-refractivity contribution in [3.8, 4) is 0 Å². The Labute approximate surface area is 99.7 Å². The number of hydrogen-bond donors (Lipinski definition) is 1. The minimum Gasteiger partial charge on any atom is -0.339 e. The standard InChI is InChI=1S/C11H17N3OS/c1-8-13-6-9(16-8)7-14(2)11(15)10-4-3-5-12-10/h6,10,12H,3-5,7H2,1-2H3/t10-/m0/s1. The van der Waals surface area contributed by atoms with Gasteiger partial charge in [0, 0.05) is 18.1 Å². The molecule has 2 heterocycles. The second-order valence-corrected chi connectivity index (χ2v) is 5.51. The van der Waals surface area contributed by atoms with Gasteiger partial charge in [-0.25, -0.2) is 4.98 Å². The molecule has 4 nitrogen and oxygen atoms in total. The Kier molecular flexibility index (Phi) is 3.56. The molecule has 5 heteroatoms. The van der Waals surface area contributed by atoms with Crippen molar-refractivity contribution in [2.45, 2.75) is 32.4 Å². The Morgan fingerprint density at radius 1 is 1.75 bits per heavy atom. The van der Waals surface area contributed by atoms with Gasteiger partial charge in [0.2, 0.25) is 5.91 Å². The predicted octanol–water partition coefficient (Wildman–Crippen LogP) is 1.16. The first-order valence-corrected chi connectivity index (χ1v) is 6.38. The highest BCUT2D eigenvalue weighted by molar-refractivity contribution is 7.11. The van der Waals surface area contributed by atoms with Crippen molar-refractivity contribution in [3.05, 3.63) is 16.1 Å². The van der Waals surface area contributed by atoms with Crippen LogP contribution in [-0.2, 0) is 11.3 Å². The number of aromatic nitrogens is 1. The van der Waals surface area contributed by atoms with E-state index < -0.39 is 0 Å². The lowest BCUT2D eigenvalue weighted by Gasteiger charge is -2.20. The van der Waals surface area contributed by atoms with E-state index in [4.69, 9.17) is 0 Å². The topological polar surface area (TPSA) is 45.2 Å². The molecule has 16 heavy (non-hydrogen) atoms. The summed E-state index contributed by atoms with van der Waals surface area (Å²) in [6, 6.07) is 0.0269. The normalized spacial score (nSPS) is 20.0. The van der Waals surface area contributed by atoms with Crippen LogP contribution in [0, 0.1) is 6.92 Å². The molecule has 1 aliphatic heterocycles. The Balaban J connectivity index is 1.91. The lowest BCUT2D eigenvalue weighted by Crippen LogP contribution is -2.41. The van der Waals surface area contributed by atoms with Crippen LogP contribution in [0.2, 0.25) is 0 Å². The highest BCUT2D eigenvalue weighted by Crippen LogP contribution is 2.15. The third-order valence-corrected chi connectivity index (χ3v) is 3.69. The van der Waals surface area contributed by atoms with Crippen LogP contribution in [0.5, 0.6) is 0 Å². The first kappa shape index (κ1) is 11.5. The molecule has 1 aromatic rings. The number of nitrogens with zero attached hydrogens (tertiary/aromatic N) is 2. The van der Waals surface area contributed by atoms with Crippen LogP contribution in [0.25, 0.3) is 0 Å². The van der Waals surface area contributed by atoms with Crippen LogP contribution in [0.1, 0.15) is 22.7 Å². The van der Waals surface area contributed by atoms with Gasteiger partial charge in [-0.1, -0.05) is 0 Å². The molecule has 0 bridgehead atoms. The van der Waals surface area contributed by atoms with Crippen molar-refractivity contribution in [1.29, 1.82) is 0 Å². The summed E-state index contributed by atoms with van der Waals surface area (Å²) >= 11 is 1.65. The van der Waals surface area contributed by atoms with E-state index in [1.807, 2.05) is 20.2 Å². The van der Waals surface area contributed by atoms with Gasteiger partial charge in [-0.2, -0.15) is 0 Å². The van der Waals surface area contributed by atoms with Crippen molar-refractivity contribution in [2.75, 3.05) is 13.6 Å². The lowest BCUT2D eigenvalue weighted by atomic mass is 10.2. The monoisotopic (exact) mass is 239 g/mol. The molecule has 0 saturated carbocycles. The highest BCUT2D eigenvalue weighted by atomic mass is 32.1. The van der Waals surface area contributed by atoms with Crippen molar-refractivity contribution in [1.82, 2.24) is 15.2 Å². The summed E-state index contributed by atoms with van der Waals surface area (Å²) in [7, 11) is 1.86. The predicted molar refractivity (Wildman–Crippen MR) is 64.3 cm³/mol. The average Bonchev–Trinajstić information content (AvgIpc) is 2.88. The number of amides is 1. The number of rotatable bonds is 3. The second-order valence-electron chi connectivity index (χ2n) is 4.19. The molecule has 0 spiro atoms. The molecule has 1 atom stereocenters. The maximum Gasteiger partial charge on any atom is 0.239 e. The highest BCUT2D eigenvalue weighted by Gasteiger charge is 2.24. The summed E-state index contributed by atoms with van der Waals surface area (Å²) in [4.78, 5) is 19.1. The summed E-state index contributed by atoms with van der Waals surface area (Å²) in [6.07, 6.45) is 3.92. The average molecular weight is 239 g/mol. The molecule has 0 unspecified atom stereocenters. The van der Waals surface area contributed by atoms with Gasteiger partial charge >= 0.3 is 0 Å². The molecule has 1 aliphatic rings. The van der Waals surface area contributed by atoms with Gasteiger partial charge in [-0.3, -0.25) is 4.79 Å². The van der Waals surface area contributed by atoms with E-state index in [0.29, 0.717) is 6.54 Å². The van der Waals surface area contributed by atoms with Crippen LogP contribution in [0.15, 0.2) is 6.20 Å². The first-order valence-electron chi connectivity index (χ1n) is 5.56. The summed E-state index contributed by atoms with van der Waals surface area (Å²) in [5, 5.41) is 4.28. The van der Waals surface area contributed by atoms with E-state index in [1.54, 1.807) is 16.2 Å². The molecule has 1 saturated heterocycles. The Bertz CT molecular complexity index is 371. The quantitative estimate of drug-likeness (QED) is 0.861. The van der Waals surface area contributed by atoms with Crippen molar-refractivity contribution < 1.29 is 4.79 Å². The maximum absolute atomic E-state index is 12.0. The van der Waals surface area contributed by atoms with Gasteiger partial charge in [-0.15, -0.1) is 11.3 Å². The summed E-state index contributed by atoms with van der Waals surface area (Å²) in [6.45, 7) is 3.61. The zero-order chi connectivity index (χ0) is 11.5. The third-order valence-electron chi connectivity index (χ3n) is 2.80. The van der Waals surface area contributed by atoms with Crippen LogP contribution < -0.4 is 5.32 Å². The second kappa shape index (κ2) is 4.93. The molecule has 1 fully saturated rings. The minimum atomic E-state index is 0.0269. The van der Waals surface area contributed by atoms with Crippen molar-refractivity contribution in [2.24, 2.45) is 0 Å². The Morgan fingerprint density at radius 2 is 2.56 bits per heavy atom. The molecule has 1 aromatic heterocycles. The number of thiazole rings is 1. The van der Waals surface area contributed by atoms with E-state index >= 15 is 0 Å². The molecule has 0 radical (unpaired) electrons. The van der Waals surface area contributed by atoms with Crippen molar-refractivity contribution in [3.63, 3.8) is 0 Å². The van der Waals surface area contributed by atoms with Crippen LogP contribution in [0.3, 0.4) is 0 Å². The first-order chi connectivity index (χ1) is 7.66. The molecule has 0 aromatic carbocycles. The fourth-order valence-electron chi connectivity index (χ4n) is 1.95. The zero-order valence-corrected chi connectivity index (χ0v) is 10.5.